The molecule has 0 aliphatic rings. The number of carboxylic acids is 1. The molecule has 1 rings (SSSR count). The molecule has 4 heteroatoms. The zero-order valence-corrected chi connectivity index (χ0v) is 6.44. The van der Waals surface area contributed by atoms with Gasteiger partial charge in [-0.05, 0) is 18.2 Å². The molecule has 0 saturated carbocycles. The molecule has 0 radical (unpaired) electrons. The molecule has 0 aliphatic heterocycles. The SMILES string of the molecule is COc1cc(C(=O)O)ccc1O.[HH]. The van der Waals surface area contributed by atoms with Gasteiger partial charge in [0.1, 0.15) is 0 Å². The predicted molar refractivity (Wildman–Crippen MR) is 43.7 cm³/mol. The summed E-state index contributed by atoms with van der Waals surface area (Å²) in [5, 5.41) is 17.7. The summed E-state index contributed by atoms with van der Waals surface area (Å²) in [4.78, 5) is 10.4. The summed E-state index contributed by atoms with van der Waals surface area (Å²) >= 11 is 0. The summed E-state index contributed by atoms with van der Waals surface area (Å²) in [5.74, 6) is -0.953. The Balaban J connectivity index is 0.00000144. The Morgan fingerprint density at radius 2 is 2.25 bits per heavy atom. The Morgan fingerprint density at radius 3 is 2.75 bits per heavy atom. The van der Waals surface area contributed by atoms with Crippen LogP contribution in [0.5, 0.6) is 11.5 Å². The van der Waals surface area contributed by atoms with Crippen molar-refractivity contribution in [2.45, 2.75) is 0 Å². The van der Waals surface area contributed by atoms with Crippen LogP contribution in [-0.4, -0.2) is 23.3 Å². The minimum atomic E-state index is -1.05. The number of phenols is 1. The zero-order valence-electron chi connectivity index (χ0n) is 6.44. The Labute approximate surface area is 70.5 Å². The largest absolute Gasteiger partial charge is 0.504 e. The number of phenolic OH excluding ortho intramolecular Hbond substituents is 1. The van der Waals surface area contributed by atoms with Crippen molar-refractivity contribution in [2.75, 3.05) is 7.11 Å². The summed E-state index contributed by atoms with van der Waals surface area (Å²) in [7, 11) is 1.36. The molecule has 0 bridgehead atoms. The molecule has 0 aliphatic carbocycles. The van der Waals surface area contributed by atoms with E-state index in [4.69, 9.17) is 14.9 Å². The van der Waals surface area contributed by atoms with Gasteiger partial charge in [0.15, 0.2) is 11.5 Å². The summed E-state index contributed by atoms with van der Waals surface area (Å²) in [6.07, 6.45) is 0. The van der Waals surface area contributed by atoms with Crippen LogP contribution >= 0.6 is 0 Å². The zero-order chi connectivity index (χ0) is 9.14. The smallest absolute Gasteiger partial charge is 0.335 e. The lowest BCUT2D eigenvalue weighted by Gasteiger charge is -2.02. The highest BCUT2D eigenvalue weighted by molar-refractivity contribution is 5.88. The summed E-state index contributed by atoms with van der Waals surface area (Å²) < 4.78 is 4.72. The number of aromatic hydroxyl groups is 1. The number of carboxylic acid groups (broad SMARTS) is 1. The van der Waals surface area contributed by atoms with Gasteiger partial charge in [0, 0.05) is 1.43 Å². The first-order chi connectivity index (χ1) is 5.65. The highest BCUT2D eigenvalue weighted by Crippen LogP contribution is 2.25. The van der Waals surface area contributed by atoms with Crippen molar-refractivity contribution in [1.82, 2.24) is 0 Å². The average Bonchev–Trinajstić information content (AvgIpc) is 2.05. The molecule has 2 N–H and O–H groups in total. The molecule has 4 nitrogen and oxygen atoms in total. The van der Waals surface area contributed by atoms with E-state index in [-0.39, 0.29) is 18.5 Å². The van der Waals surface area contributed by atoms with Crippen LogP contribution in [0, 0.1) is 0 Å². The standard InChI is InChI=1S/C8H8O4.H2/c1-12-7-4-5(8(10)11)2-3-6(7)9;/h2-4,9H,1H3,(H,10,11);1H. The van der Waals surface area contributed by atoms with Crippen molar-refractivity contribution in [3.05, 3.63) is 23.8 Å². The van der Waals surface area contributed by atoms with Gasteiger partial charge in [-0.1, -0.05) is 0 Å². The quantitative estimate of drug-likeness (QED) is 0.702. The molecule has 0 unspecified atom stereocenters. The van der Waals surface area contributed by atoms with Gasteiger partial charge in [0.2, 0.25) is 0 Å². The number of benzene rings is 1. The van der Waals surface area contributed by atoms with E-state index >= 15 is 0 Å². The van der Waals surface area contributed by atoms with Gasteiger partial charge in [0.05, 0.1) is 12.7 Å². The Hall–Kier alpha value is -1.71. The number of aromatic carboxylic acids is 1. The van der Waals surface area contributed by atoms with Crippen LogP contribution in [0.3, 0.4) is 0 Å². The first-order valence-corrected chi connectivity index (χ1v) is 3.25. The molecular formula is C8H10O4. The van der Waals surface area contributed by atoms with E-state index in [1.807, 2.05) is 0 Å². The van der Waals surface area contributed by atoms with Gasteiger partial charge in [-0.15, -0.1) is 0 Å². The highest BCUT2D eigenvalue weighted by atomic mass is 16.5. The monoisotopic (exact) mass is 170 g/mol. The van der Waals surface area contributed by atoms with Gasteiger partial charge in [-0.25, -0.2) is 4.79 Å². The Kier molecular flexibility index (Phi) is 2.19. The van der Waals surface area contributed by atoms with Crippen molar-refractivity contribution in [1.29, 1.82) is 0 Å². The van der Waals surface area contributed by atoms with E-state index in [0.717, 1.165) is 0 Å². The number of ether oxygens (including phenoxy) is 1. The fourth-order valence-electron chi connectivity index (χ4n) is 0.811. The molecule has 0 saturated heterocycles. The summed E-state index contributed by atoms with van der Waals surface area (Å²) in [5.41, 5.74) is 0.0876. The lowest BCUT2D eigenvalue weighted by atomic mass is 10.2. The summed E-state index contributed by atoms with van der Waals surface area (Å²) in [6.45, 7) is 0. The normalized spacial score (nSPS) is 9.42. The molecule has 0 heterocycles. The van der Waals surface area contributed by atoms with E-state index in [9.17, 15) is 4.79 Å². The maximum atomic E-state index is 10.4. The van der Waals surface area contributed by atoms with E-state index in [2.05, 4.69) is 0 Å². The lowest BCUT2D eigenvalue weighted by Crippen LogP contribution is -1.96. The van der Waals surface area contributed by atoms with Crippen molar-refractivity contribution in [2.24, 2.45) is 0 Å². The van der Waals surface area contributed by atoms with Crippen LogP contribution in [0.15, 0.2) is 18.2 Å². The molecular weight excluding hydrogens is 160 g/mol. The molecule has 0 amide bonds. The van der Waals surface area contributed by atoms with Crippen molar-refractivity contribution >= 4 is 5.97 Å². The van der Waals surface area contributed by atoms with Crippen LogP contribution in [0.25, 0.3) is 0 Å². The minimum Gasteiger partial charge on any atom is -0.504 e. The molecule has 12 heavy (non-hydrogen) atoms. The van der Waals surface area contributed by atoms with Crippen LogP contribution in [0.2, 0.25) is 0 Å². The van der Waals surface area contributed by atoms with Crippen LogP contribution in [0.1, 0.15) is 11.8 Å². The van der Waals surface area contributed by atoms with Gasteiger partial charge in [-0.2, -0.15) is 0 Å². The fourth-order valence-corrected chi connectivity index (χ4v) is 0.811. The molecule has 1 aromatic rings. The first-order valence-electron chi connectivity index (χ1n) is 3.25. The summed E-state index contributed by atoms with van der Waals surface area (Å²) in [6, 6.07) is 3.85. The molecule has 1 aromatic carbocycles. The topological polar surface area (TPSA) is 66.8 Å². The number of hydrogen-bond donors (Lipinski definition) is 2. The van der Waals surface area contributed by atoms with E-state index in [1.54, 1.807) is 0 Å². The van der Waals surface area contributed by atoms with E-state index in [0.29, 0.717) is 0 Å². The molecule has 0 atom stereocenters. The van der Waals surface area contributed by atoms with E-state index < -0.39 is 5.97 Å². The Morgan fingerprint density at radius 1 is 1.58 bits per heavy atom. The minimum absolute atomic E-state index is 0. The van der Waals surface area contributed by atoms with Gasteiger partial charge >= 0.3 is 5.97 Å². The van der Waals surface area contributed by atoms with Gasteiger partial charge in [-0.3, -0.25) is 0 Å². The van der Waals surface area contributed by atoms with Crippen molar-refractivity contribution < 1.29 is 21.2 Å². The third kappa shape index (κ3) is 1.47. The second-order valence-electron chi connectivity index (χ2n) is 2.19. The molecule has 0 aromatic heterocycles. The highest BCUT2D eigenvalue weighted by Gasteiger charge is 2.06. The van der Waals surface area contributed by atoms with Gasteiger partial charge < -0.3 is 14.9 Å². The third-order valence-electron chi connectivity index (χ3n) is 1.43. The van der Waals surface area contributed by atoms with Crippen molar-refractivity contribution in [3.63, 3.8) is 0 Å². The van der Waals surface area contributed by atoms with Gasteiger partial charge in [0.25, 0.3) is 0 Å². The van der Waals surface area contributed by atoms with Crippen LogP contribution in [-0.2, 0) is 0 Å². The average molecular weight is 170 g/mol. The van der Waals surface area contributed by atoms with Crippen LogP contribution in [0.4, 0.5) is 0 Å². The van der Waals surface area contributed by atoms with Crippen LogP contribution < -0.4 is 4.74 Å². The molecule has 66 valence electrons. The second-order valence-corrected chi connectivity index (χ2v) is 2.19. The predicted octanol–water partition coefficient (Wildman–Crippen LogP) is 1.34. The second kappa shape index (κ2) is 3.13. The number of carbonyl (C=O) groups is 1. The van der Waals surface area contributed by atoms with E-state index in [1.165, 1.54) is 25.3 Å². The van der Waals surface area contributed by atoms with Crippen molar-refractivity contribution in [3.8, 4) is 11.5 Å². The fraction of sp³-hybridized carbons (Fsp3) is 0.125. The number of hydrogen-bond acceptors (Lipinski definition) is 3. The maximum absolute atomic E-state index is 10.4. The molecule has 0 spiro atoms. The lowest BCUT2D eigenvalue weighted by molar-refractivity contribution is 0.0696. The number of methoxy groups -OCH3 is 1. The number of rotatable bonds is 2. The first kappa shape index (κ1) is 8.39. The third-order valence-corrected chi connectivity index (χ3v) is 1.43. The Bertz CT molecular complexity index is 311. The maximum Gasteiger partial charge on any atom is 0.335 e. The molecule has 0 fully saturated rings.